The summed E-state index contributed by atoms with van der Waals surface area (Å²) < 4.78 is 36.7. The molecule has 2 aromatic rings. The van der Waals surface area contributed by atoms with Gasteiger partial charge in [0, 0.05) is 0 Å². The van der Waals surface area contributed by atoms with Crippen molar-refractivity contribution in [3.05, 3.63) is 53.6 Å². The van der Waals surface area contributed by atoms with E-state index in [0.717, 1.165) is 21.7 Å². The van der Waals surface area contributed by atoms with Crippen LogP contribution in [-0.2, 0) is 14.8 Å². The number of nitrogens with one attached hydrogen (secondary N) is 1. The molecule has 0 aromatic heterocycles. The van der Waals surface area contributed by atoms with Crippen LogP contribution in [0.5, 0.6) is 11.5 Å². The number of ether oxygens (including phenoxy) is 2. The van der Waals surface area contributed by atoms with Gasteiger partial charge in [-0.05, 0) is 50.1 Å². The van der Waals surface area contributed by atoms with E-state index in [2.05, 4.69) is 5.32 Å². The van der Waals surface area contributed by atoms with Crippen molar-refractivity contribution in [2.45, 2.75) is 39.3 Å². The Balaban J connectivity index is 2.29. The summed E-state index contributed by atoms with van der Waals surface area (Å²) in [6.45, 7) is 5.44. The minimum atomic E-state index is -3.67. The number of anilines is 1. The zero-order chi connectivity index (χ0) is 22.5. The molecule has 1 N–H and O–H groups in total. The topological polar surface area (TPSA) is 84.9 Å². The zero-order valence-electron chi connectivity index (χ0n) is 18.3. The van der Waals surface area contributed by atoms with Gasteiger partial charge < -0.3 is 14.8 Å². The standard InChI is InChI=1S/C22H30N2O5S/c1-7-19(17-10-13-20(28-4)21(14-17)29-5)23-22(25)16(3)24(30(6,26)27)18-11-8-15(2)9-12-18/h8-14,16,19H,7H2,1-6H3,(H,23,25)/t16-,19+/m0/s1. The summed E-state index contributed by atoms with van der Waals surface area (Å²) >= 11 is 0. The Kier molecular flexibility index (Phi) is 7.72. The average Bonchev–Trinajstić information content (AvgIpc) is 2.71. The summed E-state index contributed by atoms with van der Waals surface area (Å²) in [5.41, 5.74) is 2.30. The zero-order valence-corrected chi connectivity index (χ0v) is 19.1. The highest BCUT2D eigenvalue weighted by molar-refractivity contribution is 7.92. The summed E-state index contributed by atoms with van der Waals surface area (Å²) in [4.78, 5) is 13.0. The fourth-order valence-corrected chi connectivity index (χ4v) is 4.46. The van der Waals surface area contributed by atoms with Crippen molar-refractivity contribution in [1.29, 1.82) is 0 Å². The molecule has 7 nitrogen and oxygen atoms in total. The molecular formula is C22H30N2O5S. The predicted molar refractivity (Wildman–Crippen MR) is 119 cm³/mol. The van der Waals surface area contributed by atoms with Gasteiger partial charge in [0.05, 0.1) is 32.2 Å². The second kappa shape index (κ2) is 9.84. The van der Waals surface area contributed by atoms with Gasteiger partial charge in [0.1, 0.15) is 6.04 Å². The number of carbonyl (C=O) groups excluding carboxylic acids is 1. The van der Waals surface area contributed by atoms with Crippen LogP contribution in [0.3, 0.4) is 0 Å². The summed E-state index contributed by atoms with van der Waals surface area (Å²) in [6, 6.07) is 11.3. The van der Waals surface area contributed by atoms with E-state index in [-0.39, 0.29) is 11.9 Å². The van der Waals surface area contributed by atoms with Gasteiger partial charge in [-0.2, -0.15) is 0 Å². The first-order chi connectivity index (χ1) is 14.1. The first-order valence-corrected chi connectivity index (χ1v) is 11.6. The van der Waals surface area contributed by atoms with Crippen molar-refractivity contribution >= 4 is 21.6 Å². The van der Waals surface area contributed by atoms with E-state index >= 15 is 0 Å². The number of hydrogen-bond donors (Lipinski definition) is 1. The molecule has 0 aliphatic carbocycles. The lowest BCUT2D eigenvalue weighted by Gasteiger charge is -2.30. The SMILES string of the molecule is CC[C@@H](NC(=O)[C@H](C)N(c1ccc(C)cc1)S(C)(=O)=O)c1ccc(OC)c(OC)c1. The molecule has 0 radical (unpaired) electrons. The maximum absolute atomic E-state index is 13.0. The molecule has 0 spiro atoms. The van der Waals surface area contributed by atoms with Gasteiger partial charge in [-0.15, -0.1) is 0 Å². The minimum Gasteiger partial charge on any atom is -0.493 e. The van der Waals surface area contributed by atoms with Crippen molar-refractivity contribution in [2.24, 2.45) is 0 Å². The molecule has 2 aromatic carbocycles. The fourth-order valence-electron chi connectivity index (χ4n) is 3.28. The molecule has 0 fully saturated rings. The first-order valence-electron chi connectivity index (χ1n) is 9.70. The van der Waals surface area contributed by atoms with Crippen LogP contribution < -0.4 is 19.1 Å². The van der Waals surface area contributed by atoms with Crippen molar-refractivity contribution in [3.63, 3.8) is 0 Å². The van der Waals surface area contributed by atoms with Crippen molar-refractivity contribution in [1.82, 2.24) is 5.32 Å². The van der Waals surface area contributed by atoms with E-state index in [4.69, 9.17) is 9.47 Å². The monoisotopic (exact) mass is 434 g/mol. The molecule has 0 unspecified atom stereocenters. The third-order valence-corrected chi connectivity index (χ3v) is 6.15. The maximum atomic E-state index is 13.0. The van der Waals surface area contributed by atoms with Crippen LogP contribution in [-0.4, -0.2) is 40.8 Å². The average molecular weight is 435 g/mol. The summed E-state index contributed by atoms with van der Waals surface area (Å²) in [5.74, 6) is 0.772. The molecule has 0 bridgehead atoms. The van der Waals surface area contributed by atoms with E-state index in [1.165, 1.54) is 0 Å². The molecule has 1 amide bonds. The van der Waals surface area contributed by atoms with Crippen LogP contribution in [0, 0.1) is 6.92 Å². The van der Waals surface area contributed by atoms with Gasteiger partial charge in [0.25, 0.3) is 0 Å². The number of methoxy groups -OCH3 is 2. The number of benzene rings is 2. The predicted octanol–water partition coefficient (Wildman–Crippen LogP) is 3.43. The second-order valence-electron chi connectivity index (χ2n) is 7.15. The van der Waals surface area contributed by atoms with Crippen LogP contribution >= 0.6 is 0 Å². The Hall–Kier alpha value is -2.74. The van der Waals surface area contributed by atoms with E-state index in [1.54, 1.807) is 39.3 Å². The van der Waals surface area contributed by atoms with E-state index in [0.29, 0.717) is 23.6 Å². The lowest BCUT2D eigenvalue weighted by atomic mass is 10.0. The van der Waals surface area contributed by atoms with E-state index in [9.17, 15) is 13.2 Å². The molecule has 2 rings (SSSR count). The highest BCUT2D eigenvalue weighted by atomic mass is 32.2. The number of amides is 1. The van der Waals surface area contributed by atoms with Gasteiger partial charge in [-0.1, -0.05) is 30.7 Å². The van der Waals surface area contributed by atoms with Crippen LogP contribution in [0.15, 0.2) is 42.5 Å². The Morgan fingerprint density at radius 2 is 1.67 bits per heavy atom. The van der Waals surface area contributed by atoms with Crippen molar-refractivity contribution in [3.8, 4) is 11.5 Å². The highest BCUT2D eigenvalue weighted by Crippen LogP contribution is 2.31. The molecule has 164 valence electrons. The lowest BCUT2D eigenvalue weighted by Crippen LogP contribution is -2.48. The molecule has 0 heterocycles. The normalized spacial score (nSPS) is 13.3. The largest absolute Gasteiger partial charge is 0.493 e. The Labute approximate surface area is 179 Å². The smallest absolute Gasteiger partial charge is 0.244 e. The third-order valence-electron chi connectivity index (χ3n) is 4.91. The number of rotatable bonds is 9. The van der Waals surface area contributed by atoms with Crippen LogP contribution in [0.4, 0.5) is 5.69 Å². The molecule has 8 heteroatoms. The van der Waals surface area contributed by atoms with Gasteiger partial charge in [0.2, 0.25) is 15.9 Å². The van der Waals surface area contributed by atoms with Crippen LogP contribution in [0.25, 0.3) is 0 Å². The lowest BCUT2D eigenvalue weighted by molar-refractivity contribution is -0.122. The third kappa shape index (κ3) is 5.44. The summed E-state index contributed by atoms with van der Waals surface area (Å²) in [5, 5.41) is 2.96. The van der Waals surface area contributed by atoms with E-state index < -0.39 is 16.1 Å². The second-order valence-corrected chi connectivity index (χ2v) is 9.01. The summed E-state index contributed by atoms with van der Waals surface area (Å²) in [6.07, 6.45) is 1.72. The maximum Gasteiger partial charge on any atom is 0.244 e. The van der Waals surface area contributed by atoms with Crippen LogP contribution in [0.2, 0.25) is 0 Å². The molecule has 2 atom stereocenters. The number of hydrogen-bond acceptors (Lipinski definition) is 5. The molecule has 0 saturated heterocycles. The van der Waals surface area contributed by atoms with Gasteiger partial charge in [0.15, 0.2) is 11.5 Å². The molecule has 0 saturated carbocycles. The quantitative estimate of drug-likeness (QED) is 0.654. The molecule has 0 aliphatic heterocycles. The van der Waals surface area contributed by atoms with Crippen molar-refractivity contribution < 1.29 is 22.7 Å². The Morgan fingerprint density at radius 3 is 2.17 bits per heavy atom. The number of sulfonamides is 1. The molecule has 0 aliphatic rings. The minimum absolute atomic E-state index is 0.306. The van der Waals surface area contributed by atoms with Crippen LogP contribution in [0.1, 0.15) is 37.4 Å². The highest BCUT2D eigenvalue weighted by Gasteiger charge is 2.30. The van der Waals surface area contributed by atoms with E-state index in [1.807, 2.05) is 38.1 Å². The van der Waals surface area contributed by atoms with Gasteiger partial charge in [-0.25, -0.2) is 8.42 Å². The first kappa shape index (κ1) is 23.5. The number of carbonyl (C=O) groups is 1. The van der Waals surface area contributed by atoms with Gasteiger partial charge >= 0.3 is 0 Å². The molecule has 30 heavy (non-hydrogen) atoms. The van der Waals surface area contributed by atoms with Gasteiger partial charge in [-0.3, -0.25) is 9.10 Å². The van der Waals surface area contributed by atoms with Crippen molar-refractivity contribution in [2.75, 3.05) is 24.8 Å². The Bertz CT molecular complexity index is 974. The Morgan fingerprint density at radius 1 is 1.07 bits per heavy atom. The number of aryl methyl sites for hydroxylation is 1. The molecular weight excluding hydrogens is 404 g/mol. The fraction of sp³-hybridized carbons (Fsp3) is 0.409. The summed E-state index contributed by atoms with van der Waals surface area (Å²) in [7, 11) is -0.557. The number of nitrogens with zero attached hydrogens (tertiary/aromatic N) is 1.